The van der Waals surface area contributed by atoms with Crippen molar-refractivity contribution in [2.24, 2.45) is 0 Å². The van der Waals surface area contributed by atoms with Gasteiger partial charge in [0.05, 0.1) is 24.5 Å². The summed E-state index contributed by atoms with van der Waals surface area (Å²) >= 11 is 0. The minimum atomic E-state index is -0.776. The predicted octanol–water partition coefficient (Wildman–Crippen LogP) is 4.81. The number of carbonyl (C=O) groups excluding carboxylic acids is 3. The van der Waals surface area contributed by atoms with Crippen molar-refractivity contribution in [1.82, 2.24) is 19.4 Å². The Morgan fingerprint density at radius 3 is 2.41 bits per heavy atom. The number of ether oxygens (including phenoxy) is 1. The van der Waals surface area contributed by atoms with E-state index in [1.165, 1.54) is 4.90 Å². The smallest absolute Gasteiger partial charge is 0.355 e. The maximum Gasteiger partial charge on any atom is 0.355 e. The number of likely N-dealkylation sites (tertiary alicyclic amines) is 1. The number of aliphatic hydroxyl groups is 1. The third-order valence-electron chi connectivity index (χ3n) is 7.16. The van der Waals surface area contributed by atoms with Gasteiger partial charge in [-0.1, -0.05) is 45.0 Å². The lowest BCUT2D eigenvalue weighted by atomic mass is 9.85. The molecule has 3 heterocycles. The molecule has 39 heavy (non-hydrogen) atoms. The Labute approximate surface area is 228 Å². The van der Waals surface area contributed by atoms with E-state index in [-0.39, 0.29) is 29.0 Å². The van der Waals surface area contributed by atoms with Crippen LogP contribution in [0.2, 0.25) is 0 Å². The summed E-state index contributed by atoms with van der Waals surface area (Å²) in [6, 6.07) is 7.03. The number of aryl methyl sites for hydroxylation is 2. The van der Waals surface area contributed by atoms with Crippen LogP contribution in [-0.4, -0.2) is 55.4 Å². The van der Waals surface area contributed by atoms with Crippen molar-refractivity contribution >= 4 is 23.4 Å². The van der Waals surface area contributed by atoms with Gasteiger partial charge in [-0.2, -0.15) is 0 Å². The van der Waals surface area contributed by atoms with Crippen LogP contribution in [0.15, 0.2) is 48.6 Å². The van der Waals surface area contributed by atoms with Crippen molar-refractivity contribution < 1.29 is 24.2 Å². The molecule has 206 valence electrons. The van der Waals surface area contributed by atoms with Gasteiger partial charge in [-0.15, -0.1) is 0 Å². The van der Waals surface area contributed by atoms with E-state index in [2.05, 4.69) is 30.7 Å². The molecule has 1 aromatic carbocycles. The molecule has 0 aliphatic carbocycles. The highest BCUT2D eigenvalue weighted by Gasteiger charge is 2.46. The minimum Gasteiger partial charge on any atom is -0.507 e. The van der Waals surface area contributed by atoms with E-state index in [1.54, 1.807) is 33.3 Å². The number of aromatic amines is 1. The number of hydrogen-bond acceptors (Lipinski definition) is 6. The molecule has 0 radical (unpaired) electrons. The molecule has 1 amide bonds. The van der Waals surface area contributed by atoms with Crippen LogP contribution < -0.4 is 0 Å². The Balaban J connectivity index is 1.80. The highest BCUT2D eigenvalue weighted by atomic mass is 16.5. The van der Waals surface area contributed by atoms with Crippen molar-refractivity contribution in [3.05, 3.63) is 82.2 Å². The first-order valence-corrected chi connectivity index (χ1v) is 13.2. The van der Waals surface area contributed by atoms with Gasteiger partial charge in [-0.05, 0) is 49.3 Å². The van der Waals surface area contributed by atoms with Crippen molar-refractivity contribution in [1.29, 1.82) is 0 Å². The van der Waals surface area contributed by atoms with Crippen LogP contribution in [0.1, 0.15) is 78.6 Å². The highest BCUT2D eigenvalue weighted by molar-refractivity contribution is 6.46. The monoisotopic (exact) mass is 532 g/mol. The fourth-order valence-corrected chi connectivity index (χ4v) is 5.11. The van der Waals surface area contributed by atoms with Gasteiger partial charge >= 0.3 is 5.97 Å². The topological polar surface area (TPSA) is 118 Å². The predicted molar refractivity (Wildman–Crippen MR) is 147 cm³/mol. The van der Waals surface area contributed by atoms with Crippen LogP contribution in [0, 0.1) is 13.8 Å². The summed E-state index contributed by atoms with van der Waals surface area (Å²) < 4.78 is 7.05. The Bertz CT molecular complexity index is 1410. The van der Waals surface area contributed by atoms with Gasteiger partial charge in [-0.25, -0.2) is 9.78 Å². The highest BCUT2D eigenvalue weighted by Crippen LogP contribution is 2.41. The van der Waals surface area contributed by atoms with Gasteiger partial charge in [0.1, 0.15) is 11.5 Å². The molecular weight excluding hydrogens is 496 g/mol. The van der Waals surface area contributed by atoms with Gasteiger partial charge in [-0.3, -0.25) is 9.59 Å². The molecular formula is C30H36N4O5. The molecule has 1 saturated heterocycles. The molecule has 1 fully saturated rings. The Morgan fingerprint density at radius 1 is 1.13 bits per heavy atom. The molecule has 1 aliphatic rings. The first kappa shape index (κ1) is 27.9. The lowest BCUT2D eigenvalue weighted by molar-refractivity contribution is -0.139. The Kier molecular flexibility index (Phi) is 7.81. The number of aliphatic hydroxyl groups excluding tert-OH is 1. The van der Waals surface area contributed by atoms with Gasteiger partial charge in [0.25, 0.3) is 11.7 Å². The average molecular weight is 533 g/mol. The van der Waals surface area contributed by atoms with Gasteiger partial charge in [0, 0.05) is 36.7 Å². The second-order valence-electron chi connectivity index (χ2n) is 10.9. The summed E-state index contributed by atoms with van der Waals surface area (Å²) in [6.45, 7) is 12.6. The number of esters is 1. The maximum absolute atomic E-state index is 13.5. The molecule has 3 aromatic rings. The molecule has 0 spiro atoms. The average Bonchev–Trinajstić information content (AvgIpc) is 3.57. The number of H-pyrrole nitrogens is 1. The van der Waals surface area contributed by atoms with Crippen molar-refractivity contribution in [3.8, 4) is 0 Å². The largest absolute Gasteiger partial charge is 0.507 e. The Morgan fingerprint density at radius 2 is 1.82 bits per heavy atom. The number of aromatic nitrogens is 3. The van der Waals surface area contributed by atoms with E-state index in [0.717, 1.165) is 11.1 Å². The summed E-state index contributed by atoms with van der Waals surface area (Å²) in [6.07, 6.45) is 5.83. The van der Waals surface area contributed by atoms with Crippen LogP contribution in [0.5, 0.6) is 0 Å². The molecule has 0 saturated carbocycles. The number of rotatable bonds is 8. The van der Waals surface area contributed by atoms with E-state index in [4.69, 9.17) is 4.74 Å². The van der Waals surface area contributed by atoms with Gasteiger partial charge in [0.2, 0.25) is 0 Å². The zero-order valence-corrected chi connectivity index (χ0v) is 23.4. The molecule has 0 unspecified atom stereocenters. The molecule has 2 N–H and O–H groups in total. The van der Waals surface area contributed by atoms with Crippen LogP contribution in [0.25, 0.3) is 5.76 Å². The maximum atomic E-state index is 13.5. The number of carbonyl (C=O) groups is 3. The van der Waals surface area contributed by atoms with Crippen LogP contribution in [-0.2, 0) is 26.3 Å². The normalized spacial score (nSPS) is 17.2. The number of Topliss-reactive ketones (excluding diaryl/α,β-unsaturated/α-hetero) is 1. The SMILES string of the molecule is CCOC(=O)c1[nH]c(C)c(C(O)=C2C(=O)C(=O)N(CCCn3ccnc3)[C@@H]2c2ccc(C(C)(C)C)cc2)c1C. The number of ketones is 1. The summed E-state index contributed by atoms with van der Waals surface area (Å²) in [5, 5.41) is 11.6. The van der Waals surface area contributed by atoms with Gasteiger partial charge < -0.3 is 24.3 Å². The zero-order valence-electron chi connectivity index (χ0n) is 23.4. The summed E-state index contributed by atoms with van der Waals surface area (Å²) in [7, 11) is 0. The van der Waals surface area contributed by atoms with E-state index in [0.29, 0.717) is 36.3 Å². The number of hydrogen-bond donors (Lipinski definition) is 2. The number of benzene rings is 1. The minimum absolute atomic E-state index is 0.00625. The summed E-state index contributed by atoms with van der Waals surface area (Å²) in [4.78, 5) is 47.9. The quantitative estimate of drug-likeness (QED) is 0.186. The molecule has 0 bridgehead atoms. The third-order valence-corrected chi connectivity index (χ3v) is 7.16. The van der Waals surface area contributed by atoms with Crippen molar-refractivity contribution in [2.45, 2.75) is 66.0 Å². The number of nitrogens with zero attached hydrogens (tertiary/aromatic N) is 3. The summed E-state index contributed by atoms with van der Waals surface area (Å²) in [5.41, 5.74) is 3.25. The Hall–Kier alpha value is -4.14. The molecule has 4 rings (SSSR count). The zero-order chi connectivity index (χ0) is 28.5. The van der Waals surface area contributed by atoms with Crippen LogP contribution in [0.4, 0.5) is 0 Å². The second-order valence-corrected chi connectivity index (χ2v) is 10.9. The first-order chi connectivity index (χ1) is 18.5. The molecule has 1 aliphatic heterocycles. The first-order valence-electron chi connectivity index (χ1n) is 13.2. The second kappa shape index (κ2) is 10.9. The summed E-state index contributed by atoms with van der Waals surface area (Å²) in [5.74, 6) is -2.27. The van der Waals surface area contributed by atoms with Crippen molar-refractivity contribution in [3.63, 3.8) is 0 Å². The van der Waals surface area contributed by atoms with Crippen LogP contribution in [0.3, 0.4) is 0 Å². The van der Waals surface area contributed by atoms with E-state index in [1.807, 2.05) is 35.0 Å². The fourth-order valence-electron chi connectivity index (χ4n) is 5.11. The molecule has 9 nitrogen and oxygen atoms in total. The molecule has 1 atom stereocenters. The lowest BCUT2D eigenvalue weighted by Crippen LogP contribution is -2.31. The lowest BCUT2D eigenvalue weighted by Gasteiger charge is -2.26. The molecule has 9 heteroatoms. The fraction of sp³-hybridized carbons (Fsp3) is 0.400. The number of amides is 1. The molecule has 2 aromatic heterocycles. The standard InChI is InChI=1S/C30H36N4O5/c1-7-39-29(38)24-18(2)22(19(3)32-24)26(35)23-25(20-9-11-21(12-10-20)30(4,5)6)34(28(37)27(23)36)15-8-14-33-16-13-31-17-33/h9-13,16-17,25,32,35H,7-8,14-15H2,1-6H3/t25-/m1/s1. The van der Waals surface area contributed by atoms with Gasteiger partial charge in [0.15, 0.2) is 0 Å². The van der Waals surface area contributed by atoms with Crippen LogP contribution >= 0.6 is 0 Å². The van der Waals surface area contributed by atoms with E-state index >= 15 is 0 Å². The van der Waals surface area contributed by atoms with E-state index < -0.39 is 23.7 Å². The number of nitrogens with one attached hydrogen (secondary N) is 1. The van der Waals surface area contributed by atoms with Crippen molar-refractivity contribution in [2.75, 3.05) is 13.2 Å². The number of imidazole rings is 1. The third kappa shape index (κ3) is 5.39. The van der Waals surface area contributed by atoms with E-state index in [9.17, 15) is 19.5 Å².